The SMILES string of the molecule is CCCCCCCCCCNCCC(=O)N[C@@H](CCCCN)C(=O)N(C)[C@@H]1C(=O)N[C@@H](C)C(=O)N[C@H](C(=O)N[C@@H](C)C(C)=O)Cc2ccc(OCCN)c(c2)-c2cc1ccc2O. The van der Waals surface area contributed by atoms with Gasteiger partial charge in [-0.25, -0.2) is 0 Å². The quantitative estimate of drug-likeness (QED) is 0.0674. The maximum absolute atomic E-state index is 14.5. The number of carbonyl (C=O) groups is 6. The molecule has 0 radical (unpaired) electrons. The predicted molar refractivity (Wildman–Crippen MR) is 240 cm³/mol. The van der Waals surface area contributed by atoms with Gasteiger partial charge in [-0.05, 0) is 94.9 Å². The molecule has 3 rings (SSSR count). The Morgan fingerprint density at radius 3 is 2.26 bits per heavy atom. The summed E-state index contributed by atoms with van der Waals surface area (Å²) < 4.78 is 5.97. The molecule has 0 unspecified atom stereocenters. The van der Waals surface area contributed by atoms with Crippen LogP contribution in [0.3, 0.4) is 0 Å². The number of phenolic OH excluding ortho intramolecular Hbond substituents is 1. The number of hydrogen-bond acceptors (Lipinski definition) is 11. The maximum atomic E-state index is 14.5. The van der Waals surface area contributed by atoms with Crippen molar-refractivity contribution in [3.63, 3.8) is 0 Å². The van der Waals surface area contributed by atoms with Gasteiger partial charge in [-0.1, -0.05) is 64.0 Å². The van der Waals surface area contributed by atoms with Crippen molar-refractivity contribution >= 4 is 35.3 Å². The van der Waals surface area contributed by atoms with Crippen molar-refractivity contribution in [2.75, 3.05) is 39.8 Å². The van der Waals surface area contributed by atoms with E-state index in [9.17, 15) is 33.9 Å². The van der Waals surface area contributed by atoms with E-state index in [2.05, 4.69) is 33.5 Å². The molecule has 0 saturated heterocycles. The molecular formula is C46H72N8O8. The predicted octanol–water partition coefficient (Wildman–Crippen LogP) is 3.27. The first-order valence-corrected chi connectivity index (χ1v) is 22.4. The number of hydrogen-bond donors (Lipinski definition) is 8. The number of benzene rings is 2. The molecule has 62 heavy (non-hydrogen) atoms. The lowest BCUT2D eigenvalue weighted by Crippen LogP contribution is -2.56. The van der Waals surface area contributed by atoms with Crippen molar-refractivity contribution in [3.8, 4) is 22.6 Å². The number of unbranched alkanes of at least 4 members (excludes halogenated alkanes) is 8. The van der Waals surface area contributed by atoms with E-state index in [-0.39, 0.29) is 55.4 Å². The maximum Gasteiger partial charge on any atom is 0.248 e. The standard InChI is InChI=1S/C46H72N8O8/c1-6-7-8-9-10-11-12-15-24-49-25-21-41(57)52-37(16-13-14-22-47)46(61)54(5)42-34-18-19-39(56)35(29-34)36-27-33(17-20-40(36)62-26-23-48)28-38(44(59)50-30(2)32(4)55)53-43(58)31(3)51-45(42)60/h17-20,27,29-31,37-38,42,49,56H,6-16,21-26,28,47-48H2,1-5H3,(H,50,59)(H,51,60)(H,52,57)(H,53,58)/t30-,31-,37-,38-,42-/m0/s1. The minimum Gasteiger partial charge on any atom is -0.507 e. The molecule has 2 aromatic rings. The number of fused-ring (bicyclic) bond motifs is 5. The summed E-state index contributed by atoms with van der Waals surface area (Å²) in [5.74, 6) is -2.97. The van der Waals surface area contributed by atoms with Crippen molar-refractivity contribution < 1.29 is 38.6 Å². The molecule has 16 nitrogen and oxygen atoms in total. The van der Waals surface area contributed by atoms with E-state index in [1.165, 1.54) is 83.4 Å². The first-order valence-electron chi connectivity index (χ1n) is 22.4. The number of likely N-dealkylation sites (N-methyl/N-ethyl adjacent to an activating group) is 1. The van der Waals surface area contributed by atoms with Gasteiger partial charge in [0.2, 0.25) is 29.5 Å². The van der Waals surface area contributed by atoms with E-state index < -0.39 is 53.8 Å². The van der Waals surface area contributed by atoms with E-state index in [4.69, 9.17) is 16.2 Å². The third-order valence-electron chi connectivity index (χ3n) is 11.1. The molecule has 0 spiro atoms. The van der Waals surface area contributed by atoms with Crippen LogP contribution < -0.4 is 42.8 Å². The van der Waals surface area contributed by atoms with E-state index in [1.807, 2.05) is 0 Å². The normalized spacial score (nSPS) is 17.4. The van der Waals surface area contributed by atoms with Crippen LogP contribution in [0.1, 0.15) is 122 Å². The largest absolute Gasteiger partial charge is 0.507 e. The molecule has 1 aliphatic heterocycles. The summed E-state index contributed by atoms with van der Waals surface area (Å²) in [6, 6.07) is 4.06. The van der Waals surface area contributed by atoms with E-state index in [1.54, 1.807) is 24.3 Å². The van der Waals surface area contributed by atoms with Gasteiger partial charge in [0, 0.05) is 44.1 Å². The smallest absolute Gasteiger partial charge is 0.248 e. The summed E-state index contributed by atoms with van der Waals surface area (Å²) in [4.78, 5) is 82.7. The topological polar surface area (TPSA) is 247 Å². The van der Waals surface area contributed by atoms with Crippen molar-refractivity contribution in [1.82, 2.24) is 31.5 Å². The van der Waals surface area contributed by atoms with Gasteiger partial charge in [-0.15, -0.1) is 0 Å². The Kier molecular flexibility index (Phi) is 22.4. The lowest BCUT2D eigenvalue weighted by atomic mass is 9.93. The molecule has 16 heteroatoms. The van der Waals surface area contributed by atoms with Gasteiger partial charge in [0.1, 0.15) is 42.3 Å². The molecule has 1 heterocycles. The highest BCUT2D eigenvalue weighted by molar-refractivity contribution is 5.97. The molecule has 5 atom stereocenters. The number of nitrogens with one attached hydrogen (secondary N) is 5. The fourth-order valence-electron chi connectivity index (χ4n) is 7.32. The van der Waals surface area contributed by atoms with Crippen LogP contribution in [0.4, 0.5) is 0 Å². The van der Waals surface area contributed by atoms with Gasteiger partial charge in [0.15, 0.2) is 5.78 Å². The second-order valence-electron chi connectivity index (χ2n) is 16.3. The number of phenols is 1. The Hall–Kier alpha value is -5.06. The molecule has 344 valence electrons. The molecule has 0 saturated carbocycles. The number of Topliss-reactive ketones (excluding diaryl/α,β-unsaturated/α-hetero) is 1. The number of rotatable bonds is 25. The Bertz CT molecular complexity index is 1790. The number of ketones is 1. The average Bonchev–Trinajstić information content (AvgIpc) is 3.24. The zero-order chi connectivity index (χ0) is 45.6. The van der Waals surface area contributed by atoms with Crippen LogP contribution in [0.2, 0.25) is 0 Å². The first-order chi connectivity index (χ1) is 29.7. The number of amides is 5. The molecule has 0 aromatic heterocycles. The van der Waals surface area contributed by atoms with Crippen LogP contribution in [0.5, 0.6) is 11.5 Å². The second-order valence-corrected chi connectivity index (χ2v) is 16.3. The minimum atomic E-state index is -1.35. The number of carbonyl (C=O) groups excluding carboxylic acids is 6. The van der Waals surface area contributed by atoms with Crippen molar-refractivity contribution in [1.29, 1.82) is 0 Å². The molecule has 2 aromatic carbocycles. The van der Waals surface area contributed by atoms with Crippen LogP contribution in [0.25, 0.3) is 11.1 Å². The van der Waals surface area contributed by atoms with Crippen molar-refractivity contribution in [2.45, 2.75) is 141 Å². The van der Waals surface area contributed by atoms with E-state index >= 15 is 0 Å². The third kappa shape index (κ3) is 16.3. The molecule has 4 bridgehead atoms. The Morgan fingerprint density at radius 2 is 1.58 bits per heavy atom. The molecular weight excluding hydrogens is 793 g/mol. The minimum absolute atomic E-state index is 0.0140. The van der Waals surface area contributed by atoms with E-state index in [0.29, 0.717) is 48.4 Å². The van der Waals surface area contributed by atoms with Gasteiger partial charge in [-0.3, -0.25) is 28.8 Å². The molecule has 1 aliphatic rings. The Balaban J connectivity index is 1.95. The number of nitrogens with two attached hydrogens (primary N) is 2. The van der Waals surface area contributed by atoms with Crippen LogP contribution in [-0.2, 0) is 35.2 Å². The third-order valence-corrected chi connectivity index (χ3v) is 11.1. The van der Waals surface area contributed by atoms with Crippen molar-refractivity contribution in [3.05, 3.63) is 47.5 Å². The van der Waals surface area contributed by atoms with Gasteiger partial charge in [0.05, 0.1) is 6.04 Å². The summed E-state index contributed by atoms with van der Waals surface area (Å²) in [5, 5.41) is 25.6. The van der Waals surface area contributed by atoms with E-state index in [0.717, 1.165) is 19.4 Å². The van der Waals surface area contributed by atoms with Crippen LogP contribution in [0, 0.1) is 0 Å². The van der Waals surface area contributed by atoms with Crippen LogP contribution in [-0.4, -0.2) is 109 Å². The highest BCUT2D eigenvalue weighted by atomic mass is 16.5. The first kappa shape index (κ1) is 51.3. The summed E-state index contributed by atoms with van der Waals surface area (Å²) in [5.41, 5.74) is 13.1. The average molecular weight is 865 g/mol. The van der Waals surface area contributed by atoms with Crippen LogP contribution in [0.15, 0.2) is 36.4 Å². The second kappa shape index (κ2) is 27.1. The lowest BCUT2D eigenvalue weighted by Gasteiger charge is -2.32. The molecule has 10 N–H and O–H groups in total. The van der Waals surface area contributed by atoms with Crippen LogP contribution >= 0.6 is 0 Å². The van der Waals surface area contributed by atoms with Crippen molar-refractivity contribution in [2.24, 2.45) is 11.5 Å². The van der Waals surface area contributed by atoms with Gasteiger partial charge in [0.25, 0.3) is 0 Å². The highest BCUT2D eigenvalue weighted by Gasteiger charge is 2.36. The summed E-state index contributed by atoms with van der Waals surface area (Å²) in [6.07, 6.45) is 11.2. The zero-order valence-electron chi connectivity index (χ0n) is 37.5. The lowest BCUT2D eigenvalue weighted by molar-refractivity contribution is -0.143. The molecule has 0 fully saturated rings. The monoisotopic (exact) mass is 865 g/mol. The summed E-state index contributed by atoms with van der Waals surface area (Å²) in [6.45, 7) is 8.51. The fraction of sp³-hybridized carbons (Fsp3) is 0.609. The fourth-order valence-corrected chi connectivity index (χ4v) is 7.32. The number of nitrogens with zero attached hydrogens (tertiary/aromatic N) is 1. The summed E-state index contributed by atoms with van der Waals surface area (Å²) in [7, 11) is 1.45. The molecule has 0 aliphatic carbocycles. The Morgan fingerprint density at radius 1 is 0.871 bits per heavy atom. The highest BCUT2D eigenvalue weighted by Crippen LogP contribution is 2.39. The number of aromatic hydroxyl groups is 1. The summed E-state index contributed by atoms with van der Waals surface area (Å²) >= 11 is 0. The molecule has 5 amide bonds. The number of ether oxygens (including phenoxy) is 1. The van der Waals surface area contributed by atoms with Gasteiger partial charge >= 0.3 is 0 Å². The Labute approximate surface area is 367 Å². The van der Waals surface area contributed by atoms with Gasteiger partial charge in [-0.2, -0.15) is 0 Å². The van der Waals surface area contributed by atoms with Gasteiger partial charge < -0.3 is 52.8 Å². The zero-order valence-corrected chi connectivity index (χ0v) is 37.5.